The zero-order valence-corrected chi connectivity index (χ0v) is 28.6. The summed E-state index contributed by atoms with van der Waals surface area (Å²) in [6, 6.07) is 6.91. The molecule has 2 amide bonds. The van der Waals surface area contributed by atoms with Gasteiger partial charge in [0.25, 0.3) is 0 Å². The molecule has 2 aromatic rings. The molecule has 49 heavy (non-hydrogen) atoms. The maximum Gasteiger partial charge on any atom is 0.237 e. The van der Waals surface area contributed by atoms with Gasteiger partial charge in [0.15, 0.2) is 0 Å². The van der Waals surface area contributed by atoms with Crippen molar-refractivity contribution in [2.75, 3.05) is 56.9 Å². The molecule has 3 aliphatic carbocycles. The van der Waals surface area contributed by atoms with Gasteiger partial charge in [0.05, 0.1) is 35.8 Å². The van der Waals surface area contributed by atoms with Crippen LogP contribution in [0.5, 0.6) is 5.88 Å². The molecule has 5 fully saturated rings. The quantitative estimate of drug-likeness (QED) is 0.170. The third kappa shape index (κ3) is 5.77. The highest BCUT2D eigenvalue weighted by atomic mass is 16.5. The van der Waals surface area contributed by atoms with Crippen LogP contribution in [0.15, 0.2) is 47.1 Å². The van der Waals surface area contributed by atoms with E-state index in [2.05, 4.69) is 26.3 Å². The van der Waals surface area contributed by atoms with Gasteiger partial charge in [-0.3, -0.25) is 30.2 Å². The topological polar surface area (TPSA) is 177 Å². The standard InChI is InChI=1S/C36H46N10O3/c1-23(2)49-28-7-4-24(16-41-28)30(38)31-26(37)5-6-27(43-31)46-15-11-34(33(46)48)10-14-44(21-34)17-29(47)45-12-8-25(9-13-45)35-18-36(19-35,20-35)32(39)42-22-40-3/h4-8,16,22-23,38H,9-15,17-21,37H2,1-3H3,(H2,39,40,42)/t34-,35?,36?/m0/s1. The van der Waals surface area contributed by atoms with Crippen molar-refractivity contribution in [2.45, 2.75) is 58.5 Å². The van der Waals surface area contributed by atoms with Gasteiger partial charge < -0.3 is 20.7 Å². The largest absolute Gasteiger partial charge is 0.475 e. The van der Waals surface area contributed by atoms with Crippen LogP contribution in [0.1, 0.15) is 63.6 Å². The molecule has 0 radical (unpaired) electrons. The smallest absolute Gasteiger partial charge is 0.237 e. The van der Waals surface area contributed by atoms with Gasteiger partial charge in [0.1, 0.15) is 17.3 Å². The lowest BCUT2D eigenvalue weighted by molar-refractivity contribution is -0.136. The predicted molar refractivity (Wildman–Crippen MR) is 188 cm³/mol. The van der Waals surface area contributed by atoms with Crippen LogP contribution in [0.25, 0.3) is 0 Å². The maximum absolute atomic E-state index is 13.9. The van der Waals surface area contributed by atoms with Crippen molar-refractivity contribution in [1.82, 2.24) is 25.1 Å². The van der Waals surface area contributed by atoms with Crippen LogP contribution < -0.4 is 20.7 Å². The van der Waals surface area contributed by atoms with E-state index in [0.29, 0.717) is 86.6 Å². The van der Waals surface area contributed by atoms with E-state index in [1.54, 1.807) is 48.7 Å². The summed E-state index contributed by atoms with van der Waals surface area (Å²) >= 11 is 0. The fourth-order valence-corrected chi connectivity index (χ4v) is 8.61. The fourth-order valence-electron chi connectivity index (χ4n) is 8.61. The van der Waals surface area contributed by atoms with E-state index in [1.165, 1.54) is 5.57 Å². The number of amidine groups is 1. The number of pyridine rings is 2. The highest BCUT2D eigenvalue weighted by Gasteiger charge is 2.71. The number of rotatable bonds is 10. The van der Waals surface area contributed by atoms with Crippen LogP contribution in [-0.2, 0) is 9.59 Å². The molecule has 1 spiro atoms. The summed E-state index contributed by atoms with van der Waals surface area (Å²) in [6.45, 7) is 7.26. The minimum atomic E-state index is -0.548. The number of aromatic nitrogens is 2. The number of aliphatic imine (C=N–C) groups is 1. The lowest BCUT2D eigenvalue weighted by Crippen LogP contribution is -2.66. The van der Waals surface area contributed by atoms with Crippen molar-refractivity contribution in [1.29, 1.82) is 10.8 Å². The maximum atomic E-state index is 13.9. The second kappa shape index (κ2) is 12.3. The number of carbonyl (C=O) groups is 2. The second-order valence-corrected chi connectivity index (χ2v) is 14.8. The van der Waals surface area contributed by atoms with E-state index in [4.69, 9.17) is 26.3 Å². The van der Waals surface area contributed by atoms with Crippen LogP contribution in [-0.4, -0.2) is 102 Å². The van der Waals surface area contributed by atoms with Crippen molar-refractivity contribution < 1.29 is 14.3 Å². The zero-order valence-electron chi connectivity index (χ0n) is 28.6. The van der Waals surface area contributed by atoms with Crippen LogP contribution in [0.3, 0.4) is 0 Å². The second-order valence-electron chi connectivity index (χ2n) is 14.8. The zero-order chi connectivity index (χ0) is 34.6. The molecule has 2 bridgehead atoms. The third-order valence-corrected chi connectivity index (χ3v) is 11.2. The van der Waals surface area contributed by atoms with Crippen molar-refractivity contribution in [2.24, 2.45) is 21.2 Å². The van der Waals surface area contributed by atoms with E-state index in [0.717, 1.165) is 25.7 Å². The Morgan fingerprint density at radius 1 is 1.12 bits per heavy atom. The summed E-state index contributed by atoms with van der Waals surface area (Å²) in [7, 11) is 1.79. The molecule has 3 saturated carbocycles. The average molecular weight is 667 g/mol. The first-order valence-electron chi connectivity index (χ1n) is 17.3. The summed E-state index contributed by atoms with van der Waals surface area (Å²) < 4.78 is 5.62. The summed E-state index contributed by atoms with van der Waals surface area (Å²) in [4.78, 5) is 46.3. The molecule has 3 aliphatic heterocycles. The molecule has 0 aromatic carbocycles. The number of nitrogens with zero attached hydrogens (tertiary/aromatic N) is 6. The first-order valence-corrected chi connectivity index (χ1v) is 17.3. The summed E-state index contributed by atoms with van der Waals surface area (Å²) in [5.74, 6) is 1.56. The van der Waals surface area contributed by atoms with Crippen LogP contribution in [0.2, 0.25) is 0 Å². The van der Waals surface area contributed by atoms with Gasteiger partial charge in [0, 0.05) is 56.5 Å². The molecule has 1 atom stereocenters. The van der Waals surface area contributed by atoms with Gasteiger partial charge in [-0.2, -0.15) is 0 Å². The van der Waals surface area contributed by atoms with E-state index in [-0.39, 0.29) is 34.5 Å². The molecular formula is C36H46N10O3. The van der Waals surface area contributed by atoms with Crippen molar-refractivity contribution in [3.05, 3.63) is 53.4 Å². The van der Waals surface area contributed by atoms with E-state index in [9.17, 15) is 9.59 Å². The van der Waals surface area contributed by atoms with Crippen LogP contribution in [0, 0.1) is 27.1 Å². The Morgan fingerprint density at radius 3 is 2.57 bits per heavy atom. The molecule has 13 heteroatoms. The van der Waals surface area contributed by atoms with Crippen LogP contribution in [0.4, 0.5) is 11.5 Å². The van der Waals surface area contributed by atoms with Crippen LogP contribution >= 0.6 is 0 Å². The first kappa shape index (κ1) is 32.9. The Kier molecular flexibility index (Phi) is 8.28. The predicted octanol–water partition coefficient (Wildman–Crippen LogP) is 3.24. The van der Waals surface area contributed by atoms with Crippen molar-refractivity contribution in [3.8, 4) is 5.88 Å². The van der Waals surface area contributed by atoms with Gasteiger partial charge in [0.2, 0.25) is 17.7 Å². The third-order valence-electron chi connectivity index (χ3n) is 11.2. The monoisotopic (exact) mass is 666 g/mol. The van der Waals surface area contributed by atoms with Crippen molar-refractivity contribution in [3.63, 3.8) is 0 Å². The molecule has 0 unspecified atom stereocenters. The number of hydrogen-bond donors (Lipinski definition) is 4. The molecule has 258 valence electrons. The lowest BCUT2D eigenvalue weighted by Gasteiger charge is -2.71. The molecule has 13 nitrogen and oxygen atoms in total. The molecule has 5 heterocycles. The normalized spacial score (nSPS) is 27.8. The molecule has 5 N–H and O–H groups in total. The summed E-state index contributed by atoms with van der Waals surface area (Å²) in [5, 5.41) is 20.0. The minimum Gasteiger partial charge on any atom is -0.475 e. The Labute approximate surface area is 287 Å². The first-order chi connectivity index (χ1) is 23.5. The molecular weight excluding hydrogens is 620 g/mol. The Hall–Kier alpha value is -4.65. The number of carbonyl (C=O) groups excluding carboxylic acids is 2. The number of ether oxygens (including phenoxy) is 1. The minimum absolute atomic E-state index is 0.00907. The number of anilines is 2. The number of nitrogens with two attached hydrogens (primary N) is 1. The Bertz CT molecular complexity index is 1730. The van der Waals surface area contributed by atoms with Gasteiger partial charge in [-0.15, -0.1) is 0 Å². The van der Waals surface area contributed by atoms with Crippen molar-refractivity contribution >= 4 is 41.2 Å². The highest BCUT2D eigenvalue weighted by Crippen LogP contribution is 2.77. The highest BCUT2D eigenvalue weighted by molar-refractivity contribution is 6.13. The number of hydrogen-bond acceptors (Lipinski definition) is 9. The molecule has 2 aromatic heterocycles. The number of nitrogens with one attached hydrogen (secondary N) is 3. The summed E-state index contributed by atoms with van der Waals surface area (Å²) in [6.07, 6.45) is 10.7. The van der Waals surface area contributed by atoms with E-state index < -0.39 is 5.41 Å². The Morgan fingerprint density at radius 2 is 1.90 bits per heavy atom. The molecule has 2 saturated heterocycles. The van der Waals surface area contributed by atoms with Gasteiger partial charge in [-0.25, -0.2) is 15.0 Å². The summed E-state index contributed by atoms with van der Waals surface area (Å²) in [5.41, 5.74) is 8.64. The number of nitrogen functional groups attached to an aromatic ring is 1. The van der Waals surface area contributed by atoms with Gasteiger partial charge in [-0.1, -0.05) is 11.6 Å². The number of amides is 2. The van der Waals surface area contributed by atoms with E-state index in [1.807, 2.05) is 18.7 Å². The fraction of sp³-hybridized carbons (Fsp3) is 0.528. The molecule has 6 aliphatic rings. The average Bonchev–Trinajstić information content (AvgIpc) is 3.61. The SMILES string of the molecule is CN/C=N\C(=N)C12CC(C3=CCN(C(=O)CN4CC[C@]5(CCN(c6ccc(N)c(C(=N)c7ccc(OC(C)C)nc7)n6)C5=O)C4)CC3)(C1)C2. The Balaban J connectivity index is 0.936. The van der Waals surface area contributed by atoms with E-state index >= 15 is 0 Å². The number of likely N-dealkylation sites (tertiary alicyclic amines) is 1. The lowest BCUT2D eigenvalue weighted by atomic mass is 9.32. The van der Waals surface area contributed by atoms with Gasteiger partial charge in [-0.05, 0) is 82.5 Å². The molecule has 8 rings (SSSR count). The van der Waals surface area contributed by atoms with Gasteiger partial charge >= 0.3 is 0 Å².